The first kappa shape index (κ1) is 17.2. The lowest BCUT2D eigenvalue weighted by Gasteiger charge is -2.25. The average Bonchev–Trinajstić information content (AvgIpc) is 3.29. The van der Waals surface area contributed by atoms with Gasteiger partial charge in [0.1, 0.15) is 0 Å². The third-order valence-electron chi connectivity index (χ3n) is 4.72. The number of ether oxygens (including phenoxy) is 3. The summed E-state index contributed by atoms with van der Waals surface area (Å²) in [5.74, 6) is -0.148. The van der Waals surface area contributed by atoms with E-state index in [1.165, 1.54) is 12.1 Å². The SMILES string of the molecule is Fc1ccc(CN(Cc2ccc3c(c2)OCO3)CC2CCCO2)cc1F. The van der Waals surface area contributed by atoms with Crippen LogP contribution in [0.2, 0.25) is 0 Å². The lowest BCUT2D eigenvalue weighted by atomic mass is 10.1. The van der Waals surface area contributed by atoms with Crippen LogP contribution in [-0.2, 0) is 17.8 Å². The molecule has 0 N–H and O–H groups in total. The summed E-state index contributed by atoms with van der Waals surface area (Å²) < 4.78 is 43.3. The van der Waals surface area contributed by atoms with Crippen molar-refractivity contribution < 1.29 is 23.0 Å². The number of rotatable bonds is 6. The molecule has 1 atom stereocenters. The molecule has 4 rings (SSSR count). The van der Waals surface area contributed by atoms with Crippen LogP contribution >= 0.6 is 0 Å². The highest BCUT2D eigenvalue weighted by molar-refractivity contribution is 5.44. The molecule has 138 valence electrons. The Morgan fingerprint density at radius 3 is 2.46 bits per heavy atom. The fraction of sp³-hybridized carbons (Fsp3) is 0.400. The highest BCUT2D eigenvalue weighted by Crippen LogP contribution is 2.33. The standard InChI is InChI=1S/C20H21F2NO3/c21-17-5-3-14(8-18(17)22)10-23(12-16-2-1-7-24-16)11-15-4-6-19-20(9-15)26-13-25-19/h3-6,8-9,16H,1-2,7,10-13H2. The van der Waals surface area contributed by atoms with Crippen molar-refractivity contribution in [3.8, 4) is 11.5 Å². The molecule has 0 radical (unpaired) electrons. The number of hydrogen-bond acceptors (Lipinski definition) is 4. The van der Waals surface area contributed by atoms with Gasteiger partial charge in [-0.25, -0.2) is 8.78 Å². The van der Waals surface area contributed by atoms with Gasteiger partial charge in [-0.3, -0.25) is 4.90 Å². The zero-order chi connectivity index (χ0) is 17.9. The summed E-state index contributed by atoms with van der Waals surface area (Å²) in [6.45, 7) is 2.95. The highest BCUT2D eigenvalue weighted by Gasteiger charge is 2.21. The maximum absolute atomic E-state index is 13.6. The largest absolute Gasteiger partial charge is 0.454 e. The van der Waals surface area contributed by atoms with Crippen LogP contribution in [0.3, 0.4) is 0 Å². The Bertz CT molecular complexity index is 778. The minimum atomic E-state index is -0.824. The number of fused-ring (bicyclic) bond motifs is 1. The van der Waals surface area contributed by atoms with Crippen LogP contribution in [0.4, 0.5) is 8.78 Å². The molecule has 0 aliphatic carbocycles. The molecule has 2 heterocycles. The molecule has 0 spiro atoms. The molecule has 1 unspecified atom stereocenters. The predicted octanol–water partition coefficient (Wildman–Crippen LogP) is 3.87. The number of benzene rings is 2. The quantitative estimate of drug-likeness (QED) is 0.781. The van der Waals surface area contributed by atoms with Crippen LogP contribution in [0, 0.1) is 11.6 Å². The predicted molar refractivity (Wildman–Crippen MR) is 92.0 cm³/mol. The van der Waals surface area contributed by atoms with Crippen LogP contribution in [0.15, 0.2) is 36.4 Å². The smallest absolute Gasteiger partial charge is 0.231 e. The first-order valence-electron chi connectivity index (χ1n) is 8.84. The van der Waals surface area contributed by atoms with Crippen molar-refractivity contribution in [2.45, 2.75) is 32.0 Å². The van der Waals surface area contributed by atoms with Crippen molar-refractivity contribution in [1.82, 2.24) is 4.90 Å². The second kappa shape index (κ2) is 7.60. The lowest BCUT2D eigenvalue weighted by molar-refractivity contribution is 0.0678. The van der Waals surface area contributed by atoms with Crippen LogP contribution in [0.25, 0.3) is 0 Å². The van der Waals surface area contributed by atoms with E-state index in [2.05, 4.69) is 4.90 Å². The zero-order valence-corrected chi connectivity index (χ0v) is 14.4. The molecule has 2 aromatic rings. The van der Waals surface area contributed by atoms with Gasteiger partial charge in [-0.05, 0) is 48.2 Å². The maximum atomic E-state index is 13.6. The molecule has 0 aromatic heterocycles. The molecule has 4 nitrogen and oxygen atoms in total. The third kappa shape index (κ3) is 3.97. The second-order valence-electron chi connectivity index (χ2n) is 6.74. The number of halogens is 2. The monoisotopic (exact) mass is 361 g/mol. The van der Waals surface area contributed by atoms with Gasteiger partial charge in [-0.2, -0.15) is 0 Å². The summed E-state index contributed by atoms with van der Waals surface area (Å²) in [5.41, 5.74) is 1.82. The van der Waals surface area contributed by atoms with E-state index in [-0.39, 0.29) is 12.9 Å². The average molecular weight is 361 g/mol. The van der Waals surface area contributed by atoms with Crippen molar-refractivity contribution in [3.63, 3.8) is 0 Å². The first-order chi connectivity index (χ1) is 12.7. The number of hydrogen-bond donors (Lipinski definition) is 0. The van der Waals surface area contributed by atoms with E-state index >= 15 is 0 Å². The molecule has 1 fully saturated rings. The van der Waals surface area contributed by atoms with Gasteiger partial charge in [0, 0.05) is 26.2 Å². The van der Waals surface area contributed by atoms with Crippen molar-refractivity contribution in [1.29, 1.82) is 0 Å². The second-order valence-corrected chi connectivity index (χ2v) is 6.74. The van der Waals surface area contributed by atoms with Gasteiger partial charge in [0.15, 0.2) is 23.1 Å². The van der Waals surface area contributed by atoms with Gasteiger partial charge in [-0.15, -0.1) is 0 Å². The van der Waals surface area contributed by atoms with E-state index in [0.29, 0.717) is 13.1 Å². The normalized spacial score (nSPS) is 18.7. The summed E-state index contributed by atoms with van der Waals surface area (Å²) in [6.07, 6.45) is 2.26. The summed E-state index contributed by atoms with van der Waals surface area (Å²) in [4.78, 5) is 2.19. The summed E-state index contributed by atoms with van der Waals surface area (Å²) in [5, 5.41) is 0. The van der Waals surface area contributed by atoms with Gasteiger partial charge in [0.05, 0.1) is 6.10 Å². The fourth-order valence-corrected chi connectivity index (χ4v) is 3.45. The Kier molecular flexibility index (Phi) is 5.04. The molecule has 0 amide bonds. The Morgan fingerprint density at radius 1 is 0.923 bits per heavy atom. The van der Waals surface area contributed by atoms with Crippen molar-refractivity contribution in [3.05, 3.63) is 59.2 Å². The van der Waals surface area contributed by atoms with E-state index in [1.807, 2.05) is 18.2 Å². The molecule has 2 aliphatic rings. The van der Waals surface area contributed by atoms with Crippen molar-refractivity contribution >= 4 is 0 Å². The van der Waals surface area contributed by atoms with E-state index < -0.39 is 11.6 Å². The van der Waals surface area contributed by atoms with E-state index in [1.54, 1.807) is 6.07 Å². The Hall–Kier alpha value is -2.18. The third-order valence-corrected chi connectivity index (χ3v) is 4.72. The molecular formula is C20H21F2NO3. The molecule has 26 heavy (non-hydrogen) atoms. The van der Waals surface area contributed by atoms with Gasteiger partial charge in [0.25, 0.3) is 0 Å². The summed E-state index contributed by atoms with van der Waals surface area (Å²) in [7, 11) is 0. The lowest BCUT2D eigenvalue weighted by Crippen LogP contribution is -2.31. The molecule has 0 bridgehead atoms. The molecule has 2 aliphatic heterocycles. The minimum absolute atomic E-state index is 0.175. The van der Waals surface area contributed by atoms with E-state index in [4.69, 9.17) is 14.2 Å². The van der Waals surface area contributed by atoms with Crippen LogP contribution in [-0.4, -0.2) is 30.9 Å². The minimum Gasteiger partial charge on any atom is -0.454 e. The van der Waals surface area contributed by atoms with Crippen molar-refractivity contribution in [2.24, 2.45) is 0 Å². The highest BCUT2D eigenvalue weighted by atomic mass is 19.2. The van der Waals surface area contributed by atoms with Gasteiger partial charge >= 0.3 is 0 Å². The summed E-state index contributed by atoms with van der Waals surface area (Å²) in [6, 6.07) is 9.93. The summed E-state index contributed by atoms with van der Waals surface area (Å²) >= 11 is 0. The van der Waals surface area contributed by atoms with Gasteiger partial charge < -0.3 is 14.2 Å². The Morgan fingerprint density at radius 2 is 1.69 bits per heavy atom. The molecule has 2 aromatic carbocycles. The Labute approximate surface area is 151 Å². The zero-order valence-electron chi connectivity index (χ0n) is 14.4. The van der Waals surface area contributed by atoms with E-state index in [9.17, 15) is 8.78 Å². The fourth-order valence-electron chi connectivity index (χ4n) is 3.45. The van der Waals surface area contributed by atoms with E-state index in [0.717, 1.165) is 48.6 Å². The van der Waals surface area contributed by atoms with Crippen LogP contribution < -0.4 is 9.47 Å². The molecule has 0 saturated carbocycles. The van der Waals surface area contributed by atoms with Gasteiger partial charge in [-0.1, -0.05) is 12.1 Å². The number of nitrogens with zero attached hydrogens (tertiary/aromatic N) is 1. The molecule has 6 heteroatoms. The Balaban J connectivity index is 1.50. The van der Waals surface area contributed by atoms with Crippen molar-refractivity contribution in [2.75, 3.05) is 19.9 Å². The molecular weight excluding hydrogens is 340 g/mol. The van der Waals surface area contributed by atoms with Gasteiger partial charge in [0.2, 0.25) is 6.79 Å². The maximum Gasteiger partial charge on any atom is 0.231 e. The van der Waals surface area contributed by atoms with Crippen LogP contribution in [0.5, 0.6) is 11.5 Å². The van der Waals surface area contributed by atoms with Crippen LogP contribution in [0.1, 0.15) is 24.0 Å². The first-order valence-corrected chi connectivity index (χ1v) is 8.84. The topological polar surface area (TPSA) is 30.9 Å². The molecule has 1 saturated heterocycles.